The van der Waals surface area contributed by atoms with Gasteiger partial charge in [-0.25, -0.2) is 0 Å². The zero-order chi connectivity index (χ0) is 17.6. The predicted octanol–water partition coefficient (Wildman–Crippen LogP) is 5.35. The van der Waals surface area contributed by atoms with Gasteiger partial charge in [0.15, 0.2) is 5.11 Å². The van der Waals surface area contributed by atoms with Gasteiger partial charge in [-0.05, 0) is 36.3 Å². The zero-order valence-corrected chi connectivity index (χ0v) is 15.7. The van der Waals surface area contributed by atoms with Gasteiger partial charge in [0.2, 0.25) is 0 Å². The van der Waals surface area contributed by atoms with Crippen LogP contribution in [0.1, 0.15) is 88.3 Å². The van der Waals surface area contributed by atoms with Crippen LogP contribution in [0.5, 0.6) is 0 Å². The smallest absolute Gasteiger partial charge is 0.164 e. The first-order valence-electron chi connectivity index (χ1n) is 9.23. The summed E-state index contributed by atoms with van der Waals surface area (Å²) < 4.78 is 0. The van der Waals surface area contributed by atoms with Crippen molar-refractivity contribution in [1.29, 1.82) is 5.26 Å². The summed E-state index contributed by atoms with van der Waals surface area (Å²) in [5.74, 6) is 0. The molecule has 0 radical (unpaired) electrons. The Labute approximate surface area is 152 Å². The number of benzene rings is 1. The third-order valence-electron chi connectivity index (χ3n) is 4.35. The molecule has 0 aliphatic heterocycles. The summed E-state index contributed by atoms with van der Waals surface area (Å²) in [5, 5.41) is 12.4. The molecule has 0 aliphatic carbocycles. The van der Waals surface area contributed by atoms with E-state index in [-0.39, 0.29) is 6.04 Å². The van der Waals surface area contributed by atoms with Crippen molar-refractivity contribution in [2.24, 2.45) is 5.73 Å². The molecule has 0 saturated carbocycles. The second-order valence-electron chi connectivity index (χ2n) is 6.41. The molecule has 0 heterocycles. The van der Waals surface area contributed by atoms with Gasteiger partial charge in [-0.15, -0.1) is 0 Å². The van der Waals surface area contributed by atoms with E-state index in [1.165, 1.54) is 51.4 Å². The van der Waals surface area contributed by atoms with Gasteiger partial charge in [0.25, 0.3) is 0 Å². The average molecular weight is 346 g/mol. The van der Waals surface area contributed by atoms with E-state index in [2.05, 4.69) is 18.3 Å². The van der Waals surface area contributed by atoms with E-state index >= 15 is 0 Å². The minimum atomic E-state index is 0.139. The van der Waals surface area contributed by atoms with E-state index in [9.17, 15) is 0 Å². The first-order chi connectivity index (χ1) is 11.7. The lowest BCUT2D eigenvalue weighted by Gasteiger charge is -2.19. The predicted molar refractivity (Wildman–Crippen MR) is 106 cm³/mol. The lowest BCUT2D eigenvalue weighted by Crippen LogP contribution is -2.33. The molecule has 0 bridgehead atoms. The average Bonchev–Trinajstić information content (AvgIpc) is 2.59. The Balaban J connectivity index is 2.30. The highest BCUT2D eigenvalue weighted by Gasteiger charge is 2.11. The molecule has 3 nitrogen and oxygen atoms in total. The minimum absolute atomic E-state index is 0.139. The second-order valence-corrected chi connectivity index (χ2v) is 6.85. The molecule has 0 fully saturated rings. The quantitative estimate of drug-likeness (QED) is 0.396. The number of nitrogens with one attached hydrogen (secondary N) is 1. The van der Waals surface area contributed by atoms with Gasteiger partial charge in [0.05, 0.1) is 17.7 Å². The molecule has 3 N–H and O–H groups in total. The maximum atomic E-state index is 8.90. The number of rotatable bonds is 12. The maximum Gasteiger partial charge on any atom is 0.164 e. The van der Waals surface area contributed by atoms with Crippen LogP contribution in [0.3, 0.4) is 0 Å². The molecule has 0 spiro atoms. The lowest BCUT2D eigenvalue weighted by molar-refractivity contribution is 0.513. The fraction of sp³-hybridized carbons (Fsp3) is 0.600. The molecule has 24 heavy (non-hydrogen) atoms. The molecule has 0 aliphatic rings. The van der Waals surface area contributed by atoms with Crippen LogP contribution >= 0.6 is 12.2 Å². The van der Waals surface area contributed by atoms with Gasteiger partial charge in [-0.1, -0.05) is 76.8 Å². The summed E-state index contributed by atoms with van der Waals surface area (Å²) in [6.07, 6.45) is 12.9. The normalized spacial score (nSPS) is 11.7. The van der Waals surface area contributed by atoms with Crippen molar-refractivity contribution >= 4 is 17.3 Å². The molecule has 1 aromatic rings. The molecule has 132 valence electrons. The molecular weight excluding hydrogens is 314 g/mol. The third kappa shape index (κ3) is 8.88. The lowest BCUT2D eigenvalue weighted by atomic mass is 9.98. The van der Waals surface area contributed by atoms with Crippen LogP contribution in [-0.2, 0) is 0 Å². The topological polar surface area (TPSA) is 61.8 Å². The number of unbranched alkanes of at least 4 members (excludes halogenated alkanes) is 8. The summed E-state index contributed by atoms with van der Waals surface area (Å²) in [4.78, 5) is 0. The van der Waals surface area contributed by atoms with E-state index in [0.717, 1.165) is 18.4 Å². The van der Waals surface area contributed by atoms with Crippen molar-refractivity contribution in [1.82, 2.24) is 5.32 Å². The van der Waals surface area contributed by atoms with Gasteiger partial charge in [-0.2, -0.15) is 5.26 Å². The van der Waals surface area contributed by atoms with Crippen LogP contribution in [0.25, 0.3) is 0 Å². The Bertz CT molecular complexity index is 505. The van der Waals surface area contributed by atoms with Crippen molar-refractivity contribution in [3.63, 3.8) is 0 Å². The van der Waals surface area contributed by atoms with Crippen molar-refractivity contribution in [3.05, 3.63) is 35.4 Å². The van der Waals surface area contributed by atoms with Crippen molar-refractivity contribution in [2.75, 3.05) is 0 Å². The summed E-state index contributed by atoms with van der Waals surface area (Å²) in [6.45, 7) is 2.26. The molecule has 1 unspecified atom stereocenters. The summed E-state index contributed by atoms with van der Waals surface area (Å²) in [6, 6.07) is 9.96. The number of nitrogens with two attached hydrogens (primary N) is 1. The van der Waals surface area contributed by atoms with Crippen LogP contribution < -0.4 is 11.1 Å². The fourth-order valence-corrected chi connectivity index (χ4v) is 3.09. The highest BCUT2D eigenvalue weighted by atomic mass is 32.1. The molecule has 1 aromatic carbocycles. The summed E-state index contributed by atoms with van der Waals surface area (Å²) >= 11 is 5.01. The van der Waals surface area contributed by atoms with Crippen LogP contribution in [0.4, 0.5) is 0 Å². The number of hydrogen-bond donors (Lipinski definition) is 2. The van der Waals surface area contributed by atoms with Crippen molar-refractivity contribution in [2.45, 2.75) is 77.2 Å². The molecular formula is C20H31N3S. The van der Waals surface area contributed by atoms with Crippen LogP contribution in [-0.4, -0.2) is 5.11 Å². The minimum Gasteiger partial charge on any atom is -0.376 e. The van der Waals surface area contributed by atoms with Gasteiger partial charge < -0.3 is 11.1 Å². The highest BCUT2D eigenvalue weighted by molar-refractivity contribution is 7.80. The molecule has 0 aromatic heterocycles. The Hall–Kier alpha value is -1.60. The standard InChI is InChI=1S/C20H31N3S/c1-2-3-4-5-6-7-8-9-10-11-19(23-20(22)24)18-14-12-17(16-21)13-15-18/h12-15,19H,2-11H2,1H3,(H3,22,23,24). The van der Waals surface area contributed by atoms with E-state index in [0.29, 0.717) is 10.7 Å². The Morgan fingerprint density at radius 1 is 1.04 bits per heavy atom. The van der Waals surface area contributed by atoms with Gasteiger partial charge in [-0.3, -0.25) is 0 Å². The van der Waals surface area contributed by atoms with E-state index in [1.54, 1.807) is 0 Å². The van der Waals surface area contributed by atoms with E-state index in [4.69, 9.17) is 23.2 Å². The number of nitriles is 1. The van der Waals surface area contributed by atoms with E-state index < -0.39 is 0 Å². The Kier molecular flexibility index (Phi) is 10.9. The largest absolute Gasteiger partial charge is 0.376 e. The summed E-state index contributed by atoms with van der Waals surface area (Å²) in [5.41, 5.74) is 7.48. The van der Waals surface area contributed by atoms with E-state index in [1.807, 2.05) is 24.3 Å². The van der Waals surface area contributed by atoms with Crippen molar-refractivity contribution in [3.8, 4) is 6.07 Å². The molecule has 1 rings (SSSR count). The second kappa shape index (κ2) is 12.8. The highest BCUT2D eigenvalue weighted by Crippen LogP contribution is 2.21. The third-order valence-corrected chi connectivity index (χ3v) is 4.47. The molecule has 4 heteroatoms. The molecule has 0 amide bonds. The van der Waals surface area contributed by atoms with Gasteiger partial charge >= 0.3 is 0 Å². The first kappa shape index (κ1) is 20.4. The van der Waals surface area contributed by atoms with Gasteiger partial charge in [0, 0.05) is 0 Å². The zero-order valence-electron chi connectivity index (χ0n) is 14.9. The monoisotopic (exact) mass is 345 g/mol. The first-order valence-corrected chi connectivity index (χ1v) is 9.64. The Morgan fingerprint density at radius 3 is 2.08 bits per heavy atom. The number of hydrogen-bond acceptors (Lipinski definition) is 2. The fourth-order valence-electron chi connectivity index (χ4n) is 2.94. The Morgan fingerprint density at radius 2 is 1.58 bits per heavy atom. The number of thiocarbonyl (C=S) groups is 1. The molecule has 1 atom stereocenters. The number of nitrogens with zero attached hydrogens (tertiary/aromatic N) is 1. The maximum absolute atomic E-state index is 8.90. The van der Waals surface area contributed by atoms with Crippen LogP contribution in [0.2, 0.25) is 0 Å². The van der Waals surface area contributed by atoms with Crippen LogP contribution in [0, 0.1) is 11.3 Å². The van der Waals surface area contributed by atoms with Crippen molar-refractivity contribution < 1.29 is 0 Å². The molecule has 0 saturated heterocycles. The van der Waals surface area contributed by atoms with Crippen LogP contribution in [0.15, 0.2) is 24.3 Å². The SMILES string of the molecule is CCCCCCCCCCCC(NC(N)=S)c1ccc(C#N)cc1. The summed E-state index contributed by atoms with van der Waals surface area (Å²) in [7, 11) is 0. The van der Waals surface area contributed by atoms with Gasteiger partial charge in [0.1, 0.15) is 0 Å².